The topological polar surface area (TPSA) is 52.1 Å². The van der Waals surface area contributed by atoms with Crippen LogP contribution in [0.5, 0.6) is 0 Å². The second-order valence-corrected chi connectivity index (χ2v) is 6.07. The maximum atomic E-state index is 5.36. The smallest absolute Gasteiger partial charge is 0.191 e. The van der Waals surface area contributed by atoms with Gasteiger partial charge in [0.25, 0.3) is 0 Å². The van der Waals surface area contributed by atoms with Crippen molar-refractivity contribution in [2.75, 3.05) is 66.1 Å². The number of hydrogen-bond acceptors (Lipinski definition) is 4. The molecule has 1 heterocycles. The van der Waals surface area contributed by atoms with E-state index in [2.05, 4.69) is 53.2 Å². The summed E-state index contributed by atoms with van der Waals surface area (Å²) in [5.41, 5.74) is 0. The van der Waals surface area contributed by atoms with Gasteiger partial charge < -0.3 is 20.3 Å². The molecule has 6 heteroatoms. The molecule has 1 fully saturated rings. The Balaban J connectivity index is 2.19. The van der Waals surface area contributed by atoms with Crippen LogP contribution in [0.2, 0.25) is 0 Å². The lowest BCUT2D eigenvalue weighted by molar-refractivity contribution is 0.0377. The lowest BCUT2D eigenvalue weighted by Gasteiger charge is -2.26. The molecule has 0 bridgehead atoms. The number of ether oxygens (including phenoxy) is 1. The highest BCUT2D eigenvalue weighted by molar-refractivity contribution is 5.79. The SMILES string of the molecule is CCNC(=NCCCN1CCOCC1)NCCN(C)C(C)C. The fraction of sp³-hybridized carbons (Fsp3) is 0.938. The number of rotatable bonds is 9. The first-order chi connectivity index (χ1) is 10.6. The minimum Gasteiger partial charge on any atom is -0.379 e. The lowest BCUT2D eigenvalue weighted by atomic mass is 10.3. The Kier molecular flexibility index (Phi) is 10.2. The van der Waals surface area contributed by atoms with Crippen LogP contribution in [0.25, 0.3) is 0 Å². The van der Waals surface area contributed by atoms with E-state index in [1.807, 2.05) is 0 Å². The first-order valence-corrected chi connectivity index (χ1v) is 8.66. The number of nitrogens with one attached hydrogen (secondary N) is 2. The number of morpholine rings is 1. The molecule has 1 aliphatic rings. The molecule has 0 atom stereocenters. The predicted octanol–water partition coefficient (Wildman–Crippen LogP) is 0.604. The first-order valence-electron chi connectivity index (χ1n) is 8.66. The van der Waals surface area contributed by atoms with Gasteiger partial charge in [-0.15, -0.1) is 0 Å². The van der Waals surface area contributed by atoms with Crippen LogP contribution in [0.1, 0.15) is 27.2 Å². The van der Waals surface area contributed by atoms with E-state index < -0.39 is 0 Å². The van der Waals surface area contributed by atoms with Crippen LogP contribution in [0.3, 0.4) is 0 Å². The largest absolute Gasteiger partial charge is 0.379 e. The average Bonchev–Trinajstić information content (AvgIpc) is 2.52. The molecule has 2 N–H and O–H groups in total. The fourth-order valence-corrected chi connectivity index (χ4v) is 2.26. The van der Waals surface area contributed by atoms with Crippen molar-refractivity contribution in [3.63, 3.8) is 0 Å². The van der Waals surface area contributed by atoms with Crippen LogP contribution >= 0.6 is 0 Å². The Morgan fingerprint density at radius 1 is 1.27 bits per heavy atom. The van der Waals surface area contributed by atoms with E-state index in [0.717, 1.165) is 71.4 Å². The van der Waals surface area contributed by atoms with Crippen LogP contribution in [-0.4, -0.2) is 87.9 Å². The van der Waals surface area contributed by atoms with Crippen molar-refractivity contribution >= 4 is 5.96 Å². The zero-order valence-electron chi connectivity index (χ0n) is 14.9. The minimum atomic E-state index is 0.579. The third-order valence-electron chi connectivity index (χ3n) is 3.99. The van der Waals surface area contributed by atoms with E-state index in [9.17, 15) is 0 Å². The lowest BCUT2D eigenvalue weighted by Crippen LogP contribution is -2.42. The molecule has 22 heavy (non-hydrogen) atoms. The van der Waals surface area contributed by atoms with Gasteiger partial charge in [0, 0.05) is 51.9 Å². The Morgan fingerprint density at radius 3 is 2.64 bits per heavy atom. The zero-order valence-corrected chi connectivity index (χ0v) is 14.9. The second kappa shape index (κ2) is 11.7. The van der Waals surface area contributed by atoms with Crippen LogP contribution < -0.4 is 10.6 Å². The number of guanidine groups is 1. The van der Waals surface area contributed by atoms with E-state index in [1.54, 1.807) is 0 Å². The molecule has 1 aliphatic heterocycles. The van der Waals surface area contributed by atoms with Gasteiger partial charge in [0.2, 0.25) is 0 Å². The Labute approximate surface area is 136 Å². The summed E-state index contributed by atoms with van der Waals surface area (Å²) in [6.07, 6.45) is 1.10. The van der Waals surface area contributed by atoms with E-state index in [-0.39, 0.29) is 0 Å². The Bertz CT molecular complexity index is 303. The van der Waals surface area contributed by atoms with Gasteiger partial charge in [-0.05, 0) is 34.2 Å². The van der Waals surface area contributed by atoms with Crippen molar-refractivity contribution in [3.8, 4) is 0 Å². The maximum Gasteiger partial charge on any atom is 0.191 e. The quantitative estimate of drug-likeness (QED) is 0.371. The number of hydrogen-bond donors (Lipinski definition) is 2. The van der Waals surface area contributed by atoms with Gasteiger partial charge in [-0.2, -0.15) is 0 Å². The molecule has 1 rings (SSSR count). The van der Waals surface area contributed by atoms with Crippen LogP contribution in [0, 0.1) is 0 Å². The highest BCUT2D eigenvalue weighted by atomic mass is 16.5. The molecule has 130 valence electrons. The van der Waals surface area contributed by atoms with Crippen LogP contribution in [0.4, 0.5) is 0 Å². The van der Waals surface area contributed by atoms with Gasteiger partial charge in [0.1, 0.15) is 0 Å². The molecule has 0 aliphatic carbocycles. The summed E-state index contributed by atoms with van der Waals surface area (Å²) in [4.78, 5) is 9.44. The van der Waals surface area contributed by atoms with E-state index in [4.69, 9.17) is 4.74 Å². The van der Waals surface area contributed by atoms with Gasteiger partial charge in [0.15, 0.2) is 5.96 Å². The summed E-state index contributed by atoms with van der Waals surface area (Å²) in [5, 5.41) is 6.72. The molecule has 0 aromatic rings. The van der Waals surface area contributed by atoms with Crippen molar-refractivity contribution in [2.45, 2.75) is 33.2 Å². The van der Waals surface area contributed by atoms with Gasteiger partial charge in [-0.1, -0.05) is 0 Å². The maximum absolute atomic E-state index is 5.36. The predicted molar refractivity (Wildman–Crippen MR) is 93.6 cm³/mol. The molecular formula is C16H35N5O. The number of likely N-dealkylation sites (N-methyl/N-ethyl adjacent to an activating group) is 1. The molecule has 0 aromatic heterocycles. The highest BCUT2D eigenvalue weighted by Crippen LogP contribution is 1.98. The molecule has 0 spiro atoms. The number of nitrogens with zero attached hydrogens (tertiary/aromatic N) is 3. The standard InChI is InChI=1S/C16H35N5O/c1-5-17-16(19-8-10-20(4)15(2)3)18-7-6-9-21-11-13-22-14-12-21/h15H,5-14H2,1-4H3,(H2,17,18,19). The van der Waals surface area contributed by atoms with E-state index in [1.165, 1.54) is 0 Å². The summed E-state index contributed by atoms with van der Waals surface area (Å²) in [5.74, 6) is 0.932. The fourth-order valence-electron chi connectivity index (χ4n) is 2.26. The summed E-state index contributed by atoms with van der Waals surface area (Å²) in [7, 11) is 2.15. The summed E-state index contributed by atoms with van der Waals surface area (Å²) < 4.78 is 5.36. The first kappa shape index (κ1) is 19.2. The van der Waals surface area contributed by atoms with Gasteiger partial charge in [-0.25, -0.2) is 0 Å². The van der Waals surface area contributed by atoms with E-state index >= 15 is 0 Å². The molecule has 6 nitrogen and oxygen atoms in total. The van der Waals surface area contributed by atoms with Crippen molar-refractivity contribution in [2.24, 2.45) is 4.99 Å². The third-order valence-corrected chi connectivity index (χ3v) is 3.99. The molecular weight excluding hydrogens is 278 g/mol. The zero-order chi connectivity index (χ0) is 16.2. The Morgan fingerprint density at radius 2 is 2.00 bits per heavy atom. The number of aliphatic imine (C=N–C) groups is 1. The van der Waals surface area contributed by atoms with Gasteiger partial charge >= 0.3 is 0 Å². The van der Waals surface area contributed by atoms with Crippen molar-refractivity contribution < 1.29 is 4.74 Å². The molecule has 0 amide bonds. The summed E-state index contributed by atoms with van der Waals surface area (Å²) in [6.45, 7) is 15.2. The highest BCUT2D eigenvalue weighted by Gasteiger charge is 2.09. The second-order valence-electron chi connectivity index (χ2n) is 6.07. The van der Waals surface area contributed by atoms with Crippen molar-refractivity contribution in [1.29, 1.82) is 0 Å². The molecule has 0 saturated carbocycles. The summed E-state index contributed by atoms with van der Waals surface area (Å²) >= 11 is 0. The molecule has 0 aromatic carbocycles. The Hall–Kier alpha value is -0.850. The molecule has 1 saturated heterocycles. The van der Waals surface area contributed by atoms with Crippen LogP contribution in [-0.2, 0) is 4.74 Å². The van der Waals surface area contributed by atoms with Gasteiger partial charge in [0.05, 0.1) is 13.2 Å². The van der Waals surface area contributed by atoms with Crippen molar-refractivity contribution in [1.82, 2.24) is 20.4 Å². The molecule has 0 unspecified atom stereocenters. The monoisotopic (exact) mass is 313 g/mol. The normalized spacial score (nSPS) is 17.3. The van der Waals surface area contributed by atoms with Crippen LogP contribution in [0.15, 0.2) is 4.99 Å². The van der Waals surface area contributed by atoms with E-state index in [0.29, 0.717) is 6.04 Å². The summed E-state index contributed by atoms with van der Waals surface area (Å²) in [6, 6.07) is 0.579. The van der Waals surface area contributed by atoms with Crippen molar-refractivity contribution in [3.05, 3.63) is 0 Å². The minimum absolute atomic E-state index is 0.579. The average molecular weight is 313 g/mol. The molecule has 0 radical (unpaired) electrons. The van der Waals surface area contributed by atoms with Gasteiger partial charge in [-0.3, -0.25) is 9.89 Å². The third kappa shape index (κ3) is 8.56.